The van der Waals surface area contributed by atoms with E-state index < -0.39 is 0 Å². The molecular formula is C27H19N3OS. The zero-order chi connectivity index (χ0) is 21.7. The van der Waals surface area contributed by atoms with Crippen LogP contribution in [0.25, 0.3) is 38.5 Å². The van der Waals surface area contributed by atoms with Gasteiger partial charge in [-0.15, -0.1) is 0 Å². The maximum Gasteiger partial charge on any atom is 0.141 e. The number of phenols is 1. The van der Waals surface area contributed by atoms with Crippen molar-refractivity contribution >= 4 is 44.5 Å². The number of pyridine rings is 2. The van der Waals surface area contributed by atoms with Crippen LogP contribution in [-0.4, -0.2) is 19.6 Å². The van der Waals surface area contributed by atoms with Gasteiger partial charge >= 0.3 is 0 Å². The monoisotopic (exact) mass is 433 g/mol. The molecule has 4 nitrogen and oxygen atoms in total. The van der Waals surface area contributed by atoms with Crippen molar-refractivity contribution in [1.29, 1.82) is 0 Å². The predicted octanol–water partition coefficient (Wildman–Crippen LogP) is 6.89. The van der Waals surface area contributed by atoms with E-state index in [-0.39, 0.29) is 5.75 Å². The largest absolute Gasteiger partial charge is 0.506 e. The zero-order valence-corrected chi connectivity index (χ0v) is 18.2. The first-order valence-electron chi connectivity index (χ1n) is 10.4. The number of fused-ring (bicyclic) bond motifs is 4. The summed E-state index contributed by atoms with van der Waals surface area (Å²) in [7, 11) is 0. The van der Waals surface area contributed by atoms with E-state index in [2.05, 4.69) is 64.1 Å². The van der Waals surface area contributed by atoms with E-state index in [1.54, 1.807) is 17.8 Å². The molecule has 1 N–H and O–H groups in total. The number of aromatic nitrogens is 3. The number of para-hydroxylation sites is 2. The van der Waals surface area contributed by atoms with Crippen molar-refractivity contribution in [3.05, 3.63) is 96.7 Å². The lowest BCUT2D eigenvalue weighted by Crippen LogP contribution is -1.97. The van der Waals surface area contributed by atoms with Crippen molar-refractivity contribution in [2.45, 2.75) is 16.8 Å². The lowest BCUT2D eigenvalue weighted by atomic mass is 10.2. The summed E-state index contributed by atoms with van der Waals surface area (Å²) in [5, 5.41) is 14.3. The fraction of sp³-hybridized carbons (Fsp3) is 0.0370. The third-order valence-electron chi connectivity index (χ3n) is 5.67. The molecule has 0 aliphatic heterocycles. The Hall–Kier alpha value is -3.83. The summed E-state index contributed by atoms with van der Waals surface area (Å²) in [6.07, 6.45) is 1.90. The fourth-order valence-corrected chi connectivity index (χ4v) is 4.97. The third-order valence-corrected chi connectivity index (χ3v) is 6.59. The second-order valence-electron chi connectivity index (χ2n) is 7.83. The normalized spacial score (nSPS) is 11.5. The molecule has 0 fully saturated rings. The Morgan fingerprint density at radius 3 is 2.56 bits per heavy atom. The molecule has 5 heteroatoms. The highest BCUT2D eigenvalue weighted by atomic mass is 32.2. The molecule has 0 bridgehead atoms. The predicted molar refractivity (Wildman–Crippen MR) is 131 cm³/mol. The number of benzene rings is 3. The second-order valence-corrected chi connectivity index (χ2v) is 8.92. The van der Waals surface area contributed by atoms with Crippen LogP contribution in [0.2, 0.25) is 0 Å². The van der Waals surface area contributed by atoms with Crippen LogP contribution in [0.4, 0.5) is 0 Å². The second kappa shape index (κ2) is 7.39. The van der Waals surface area contributed by atoms with Gasteiger partial charge in [0.25, 0.3) is 0 Å². The molecule has 0 amide bonds. The topological polar surface area (TPSA) is 50.9 Å². The molecule has 3 aromatic carbocycles. The highest BCUT2D eigenvalue weighted by Gasteiger charge is 2.14. The third kappa shape index (κ3) is 3.10. The van der Waals surface area contributed by atoms with Gasteiger partial charge in [-0.3, -0.25) is 4.57 Å². The average molecular weight is 434 g/mol. The van der Waals surface area contributed by atoms with Crippen LogP contribution in [-0.2, 0) is 0 Å². The van der Waals surface area contributed by atoms with Gasteiger partial charge < -0.3 is 5.11 Å². The summed E-state index contributed by atoms with van der Waals surface area (Å²) >= 11 is 1.59. The van der Waals surface area contributed by atoms with E-state index in [9.17, 15) is 5.11 Å². The number of rotatable bonds is 3. The van der Waals surface area contributed by atoms with Gasteiger partial charge in [0.2, 0.25) is 0 Å². The molecule has 6 aromatic rings. The summed E-state index contributed by atoms with van der Waals surface area (Å²) in [5.41, 5.74) is 4.00. The van der Waals surface area contributed by atoms with Gasteiger partial charge in [0.05, 0.1) is 11.0 Å². The molecule has 154 valence electrons. The van der Waals surface area contributed by atoms with Gasteiger partial charge in [0.1, 0.15) is 22.1 Å². The van der Waals surface area contributed by atoms with E-state index in [0.717, 1.165) is 37.7 Å². The van der Waals surface area contributed by atoms with Crippen LogP contribution in [0.15, 0.2) is 101 Å². The van der Waals surface area contributed by atoms with Gasteiger partial charge in [-0.05, 0) is 55.0 Å². The van der Waals surface area contributed by atoms with E-state index >= 15 is 0 Å². The van der Waals surface area contributed by atoms with Crippen molar-refractivity contribution < 1.29 is 5.11 Å². The van der Waals surface area contributed by atoms with E-state index in [1.165, 1.54) is 10.8 Å². The van der Waals surface area contributed by atoms with Gasteiger partial charge in [-0.1, -0.05) is 54.2 Å². The van der Waals surface area contributed by atoms with E-state index in [1.807, 2.05) is 37.4 Å². The quantitative estimate of drug-likeness (QED) is 0.330. The van der Waals surface area contributed by atoms with Gasteiger partial charge in [-0.2, -0.15) is 0 Å². The minimum atomic E-state index is 0.200. The smallest absolute Gasteiger partial charge is 0.141 e. The van der Waals surface area contributed by atoms with Crippen molar-refractivity contribution in [2.24, 2.45) is 0 Å². The molecule has 3 aromatic heterocycles. The number of aromatic hydroxyl groups is 1. The number of phenolic OH excluding ortho intramolecular Hbond substituents is 1. The van der Waals surface area contributed by atoms with Crippen molar-refractivity contribution in [1.82, 2.24) is 14.5 Å². The molecule has 0 unspecified atom stereocenters. The molecule has 0 aliphatic rings. The summed E-state index contributed by atoms with van der Waals surface area (Å²) < 4.78 is 2.22. The minimum absolute atomic E-state index is 0.200. The Kier molecular flexibility index (Phi) is 4.37. The molecule has 0 saturated carbocycles. The molecule has 0 radical (unpaired) electrons. The van der Waals surface area contributed by atoms with Crippen LogP contribution in [0.1, 0.15) is 5.56 Å². The van der Waals surface area contributed by atoms with E-state index in [0.29, 0.717) is 5.52 Å². The summed E-state index contributed by atoms with van der Waals surface area (Å²) in [6.45, 7) is 2.05. The lowest BCUT2D eigenvalue weighted by molar-refractivity contribution is 0.480. The summed E-state index contributed by atoms with van der Waals surface area (Å²) in [4.78, 5) is 10.5. The number of hydrogen-bond donors (Lipinski definition) is 1. The zero-order valence-electron chi connectivity index (χ0n) is 17.4. The summed E-state index contributed by atoms with van der Waals surface area (Å²) in [5.74, 6) is 1.10. The average Bonchev–Trinajstić information content (AvgIpc) is 3.14. The van der Waals surface area contributed by atoms with Crippen LogP contribution < -0.4 is 0 Å². The Bertz CT molecular complexity index is 1620. The Balaban J connectivity index is 1.51. The van der Waals surface area contributed by atoms with Crippen molar-refractivity contribution in [3.8, 4) is 11.6 Å². The Morgan fingerprint density at radius 1 is 0.812 bits per heavy atom. The highest BCUT2D eigenvalue weighted by Crippen LogP contribution is 2.36. The maximum atomic E-state index is 10.2. The molecule has 3 heterocycles. The first-order valence-corrected chi connectivity index (χ1v) is 11.2. The van der Waals surface area contributed by atoms with Gasteiger partial charge in [0, 0.05) is 27.3 Å². The fourth-order valence-electron chi connectivity index (χ4n) is 4.14. The van der Waals surface area contributed by atoms with E-state index in [4.69, 9.17) is 4.98 Å². The van der Waals surface area contributed by atoms with Gasteiger partial charge in [-0.25, -0.2) is 9.97 Å². The Morgan fingerprint density at radius 2 is 1.69 bits per heavy atom. The maximum absolute atomic E-state index is 10.2. The number of nitrogens with zero attached hydrogens (tertiary/aromatic N) is 3. The Labute approximate surface area is 189 Å². The highest BCUT2D eigenvalue weighted by molar-refractivity contribution is 7.99. The van der Waals surface area contributed by atoms with Crippen molar-refractivity contribution in [2.75, 3.05) is 0 Å². The molecule has 0 atom stereocenters. The SMILES string of the molecule is Cc1ccc(-n2c3ccccc3c3ccc(Sc4ccc5cccc(O)c5n4)cc32)nc1. The molecule has 6 rings (SSSR count). The van der Waals surface area contributed by atoms with Crippen LogP contribution in [0.5, 0.6) is 5.75 Å². The molecular weight excluding hydrogens is 414 g/mol. The molecule has 0 aliphatic carbocycles. The van der Waals surface area contributed by atoms with Crippen LogP contribution in [0.3, 0.4) is 0 Å². The van der Waals surface area contributed by atoms with Crippen LogP contribution in [0, 0.1) is 6.92 Å². The number of hydrogen-bond acceptors (Lipinski definition) is 4. The first kappa shape index (κ1) is 18.9. The first-order chi connectivity index (χ1) is 15.7. The summed E-state index contributed by atoms with van der Waals surface area (Å²) in [6, 6.07) is 28.5. The standard InChI is InChI=1S/C27H19N3OS/c1-17-9-13-25(28-16-17)30-22-7-3-2-6-20(22)21-12-11-19(15-23(21)30)32-26-14-10-18-5-4-8-24(31)27(18)29-26/h2-16,31H,1H3. The van der Waals surface area contributed by atoms with Crippen LogP contribution >= 0.6 is 11.8 Å². The molecule has 32 heavy (non-hydrogen) atoms. The minimum Gasteiger partial charge on any atom is -0.506 e. The molecule has 0 saturated heterocycles. The lowest BCUT2D eigenvalue weighted by Gasteiger charge is -2.08. The number of aryl methyl sites for hydroxylation is 1. The molecule has 0 spiro atoms. The van der Waals surface area contributed by atoms with Crippen molar-refractivity contribution in [3.63, 3.8) is 0 Å². The van der Waals surface area contributed by atoms with Gasteiger partial charge in [0.15, 0.2) is 0 Å².